The van der Waals surface area contributed by atoms with E-state index in [2.05, 4.69) is 86.3 Å². The topological polar surface area (TPSA) is 49.8 Å². The van der Waals surface area contributed by atoms with Crippen LogP contribution in [-0.4, -0.2) is 35.6 Å². The number of nitrogens with zero attached hydrogens (tertiary/aromatic N) is 1. The van der Waals surface area contributed by atoms with Crippen molar-refractivity contribution in [3.8, 4) is 16.9 Å². The van der Waals surface area contributed by atoms with Crippen LogP contribution in [0.15, 0.2) is 72.3 Å². The molecule has 34 heavy (non-hydrogen) atoms. The Labute approximate surface area is 202 Å². The predicted octanol–water partition coefficient (Wildman–Crippen LogP) is 6.36. The van der Waals surface area contributed by atoms with Crippen LogP contribution >= 0.6 is 0 Å². The average molecular weight is 456 g/mol. The van der Waals surface area contributed by atoms with Crippen LogP contribution in [0.2, 0.25) is 0 Å². The van der Waals surface area contributed by atoms with E-state index in [1.807, 2.05) is 12.1 Å². The van der Waals surface area contributed by atoms with Crippen molar-refractivity contribution in [1.29, 1.82) is 0 Å². The summed E-state index contributed by atoms with van der Waals surface area (Å²) in [5.41, 5.74) is 8.52. The van der Waals surface area contributed by atoms with Crippen molar-refractivity contribution in [2.45, 2.75) is 33.8 Å². The molecule has 1 saturated heterocycles. The number of aliphatic carboxylic acids is 1. The molecule has 4 rings (SSSR count). The summed E-state index contributed by atoms with van der Waals surface area (Å²) in [5.74, 6) is -0.0576. The third kappa shape index (κ3) is 5.75. The fraction of sp³-hybridized carbons (Fsp3) is 0.300. The highest BCUT2D eigenvalue weighted by Crippen LogP contribution is 2.26. The number of carboxylic acids is 1. The third-order valence-corrected chi connectivity index (χ3v) is 6.58. The van der Waals surface area contributed by atoms with Gasteiger partial charge in [0.15, 0.2) is 0 Å². The molecule has 0 saturated carbocycles. The molecule has 0 atom stereocenters. The van der Waals surface area contributed by atoms with Gasteiger partial charge in [0.05, 0.1) is 5.92 Å². The molecule has 1 aliphatic heterocycles. The Kier molecular flexibility index (Phi) is 7.49. The number of rotatable bonds is 9. The van der Waals surface area contributed by atoms with Gasteiger partial charge in [-0.15, -0.1) is 0 Å². The lowest BCUT2D eigenvalue weighted by molar-refractivity contribution is -0.147. The molecule has 3 aromatic rings. The molecule has 176 valence electrons. The molecule has 3 aromatic carbocycles. The highest BCUT2D eigenvalue weighted by Gasteiger charge is 2.32. The minimum Gasteiger partial charge on any atom is -0.489 e. The number of likely N-dealkylation sites (tertiary alicyclic amines) is 1. The first-order valence-corrected chi connectivity index (χ1v) is 12.0. The van der Waals surface area contributed by atoms with Crippen molar-refractivity contribution in [3.63, 3.8) is 0 Å². The molecule has 0 amide bonds. The van der Waals surface area contributed by atoms with Crippen LogP contribution in [0.25, 0.3) is 17.2 Å². The van der Waals surface area contributed by atoms with Gasteiger partial charge in [-0.2, -0.15) is 0 Å². The van der Waals surface area contributed by atoms with Crippen molar-refractivity contribution in [1.82, 2.24) is 4.90 Å². The Hall–Kier alpha value is -3.37. The van der Waals surface area contributed by atoms with E-state index in [0.717, 1.165) is 29.8 Å². The minimum absolute atomic E-state index is 0.220. The number of aryl methyl sites for hydroxylation is 2. The number of carboxylic acid groups (broad SMARTS) is 1. The molecular weight excluding hydrogens is 422 g/mol. The SMILES string of the molecule is CC/C(=C\c1cc(OCc2ccc(-c3ccccc3)c(C)c2)ccc1C)CN1CC(C(=O)O)C1. The smallest absolute Gasteiger partial charge is 0.309 e. The molecule has 4 heteroatoms. The minimum atomic E-state index is -0.691. The molecule has 1 heterocycles. The standard InChI is InChI=1S/C30H33NO3/c1-4-23(17-31-18-27(19-31)30(32)33)15-26-16-28(12-10-21(26)2)34-20-24-11-13-29(22(3)14-24)25-8-6-5-7-9-25/h5-16,27H,4,17-20H2,1-3H3,(H,32,33)/b23-15+. The quantitative estimate of drug-likeness (QED) is 0.408. The first kappa shape index (κ1) is 23.8. The molecule has 0 bridgehead atoms. The molecule has 0 radical (unpaired) electrons. The van der Waals surface area contributed by atoms with Crippen LogP contribution in [-0.2, 0) is 11.4 Å². The van der Waals surface area contributed by atoms with E-state index < -0.39 is 5.97 Å². The summed E-state index contributed by atoms with van der Waals surface area (Å²) in [6.45, 7) is 9.01. The molecule has 1 aliphatic rings. The van der Waals surface area contributed by atoms with Gasteiger partial charge < -0.3 is 9.84 Å². The van der Waals surface area contributed by atoms with Gasteiger partial charge in [0.1, 0.15) is 12.4 Å². The number of benzene rings is 3. The normalized spacial score (nSPS) is 14.6. The number of ether oxygens (including phenoxy) is 1. The van der Waals surface area contributed by atoms with Gasteiger partial charge in [-0.05, 0) is 65.8 Å². The van der Waals surface area contributed by atoms with Gasteiger partial charge in [0, 0.05) is 19.6 Å². The van der Waals surface area contributed by atoms with Gasteiger partial charge in [0.25, 0.3) is 0 Å². The zero-order chi connectivity index (χ0) is 24.1. The van der Waals surface area contributed by atoms with Crippen LogP contribution in [0.4, 0.5) is 0 Å². The molecule has 0 spiro atoms. The summed E-state index contributed by atoms with van der Waals surface area (Å²) < 4.78 is 6.15. The molecule has 1 fully saturated rings. The summed E-state index contributed by atoms with van der Waals surface area (Å²) in [4.78, 5) is 13.3. The molecule has 0 aromatic heterocycles. The number of carbonyl (C=O) groups is 1. The summed E-state index contributed by atoms with van der Waals surface area (Å²) in [7, 11) is 0. The second kappa shape index (κ2) is 10.7. The molecule has 0 unspecified atom stereocenters. The van der Waals surface area contributed by atoms with E-state index in [0.29, 0.717) is 19.7 Å². The Morgan fingerprint density at radius 1 is 1.03 bits per heavy atom. The van der Waals surface area contributed by atoms with E-state index in [1.54, 1.807) is 0 Å². The van der Waals surface area contributed by atoms with Gasteiger partial charge >= 0.3 is 5.97 Å². The van der Waals surface area contributed by atoms with Gasteiger partial charge in [0.2, 0.25) is 0 Å². The predicted molar refractivity (Wildman–Crippen MR) is 138 cm³/mol. The van der Waals surface area contributed by atoms with Gasteiger partial charge in [-0.25, -0.2) is 0 Å². The average Bonchev–Trinajstić information content (AvgIpc) is 2.81. The summed E-state index contributed by atoms with van der Waals surface area (Å²) in [5, 5.41) is 9.10. The highest BCUT2D eigenvalue weighted by molar-refractivity contribution is 5.71. The molecule has 0 aliphatic carbocycles. The fourth-order valence-electron chi connectivity index (χ4n) is 4.41. The lowest BCUT2D eigenvalue weighted by atomic mass is 9.98. The summed E-state index contributed by atoms with van der Waals surface area (Å²) in [6, 6.07) is 23.2. The zero-order valence-corrected chi connectivity index (χ0v) is 20.3. The van der Waals surface area contributed by atoms with Gasteiger partial charge in [-0.1, -0.05) is 73.2 Å². The maximum absolute atomic E-state index is 11.1. The van der Waals surface area contributed by atoms with E-state index in [1.165, 1.54) is 27.8 Å². The number of hydrogen-bond acceptors (Lipinski definition) is 3. The second-order valence-corrected chi connectivity index (χ2v) is 9.21. The Balaban J connectivity index is 1.41. The molecule has 4 nitrogen and oxygen atoms in total. The van der Waals surface area contributed by atoms with Crippen molar-refractivity contribution < 1.29 is 14.6 Å². The Morgan fingerprint density at radius 3 is 2.47 bits per heavy atom. The maximum Gasteiger partial charge on any atom is 0.309 e. The molecule has 1 N–H and O–H groups in total. The monoisotopic (exact) mass is 455 g/mol. The van der Waals surface area contributed by atoms with Crippen molar-refractivity contribution in [2.75, 3.05) is 19.6 Å². The summed E-state index contributed by atoms with van der Waals surface area (Å²) in [6.07, 6.45) is 3.17. The number of hydrogen-bond donors (Lipinski definition) is 1. The van der Waals surface area contributed by atoms with Crippen molar-refractivity contribution in [3.05, 3.63) is 94.6 Å². The lowest BCUT2D eigenvalue weighted by Gasteiger charge is -2.37. The lowest BCUT2D eigenvalue weighted by Crippen LogP contribution is -2.50. The second-order valence-electron chi connectivity index (χ2n) is 9.21. The fourth-order valence-corrected chi connectivity index (χ4v) is 4.41. The van der Waals surface area contributed by atoms with Crippen LogP contribution < -0.4 is 4.74 Å². The third-order valence-electron chi connectivity index (χ3n) is 6.58. The van der Waals surface area contributed by atoms with E-state index >= 15 is 0 Å². The van der Waals surface area contributed by atoms with E-state index in [9.17, 15) is 4.79 Å². The Morgan fingerprint density at radius 2 is 1.79 bits per heavy atom. The van der Waals surface area contributed by atoms with Crippen molar-refractivity contribution in [2.24, 2.45) is 5.92 Å². The van der Waals surface area contributed by atoms with Gasteiger partial charge in [-0.3, -0.25) is 9.69 Å². The largest absolute Gasteiger partial charge is 0.489 e. The zero-order valence-electron chi connectivity index (χ0n) is 20.3. The first-order chi connectivity index (χ1) is 16.4. The summed E-state index contributed by atoms with van der Waals surface area (Å²) >= 11 is 0. The maximum atomic E-state index is 11.1. The Bertz CT molecular complexity index is 1180. The van der Waals surface area contributed by atoms with Crippen LogP contribution in [0, 0.1) is 19.8 Å². The highest BCUT2D eigenvalue weighted by atomic mass is 16.5. The van der Waals surface area contributed by atoms with E-state index in [-0.39, 0.29) is 5.92 Å². The molecular formula is C30H33NO3. The van der Waals surface area contributed by atoms with Crippen LogP contribution in [0.5, 0.6) is 5.75 Å². The van der Waals surface area contributed by atoms with Crippen molar-refractivity contribution >= 4 is 12.0 Å². The van der Waals surface area contributed by atoms with Crippen LogP contribution in [0.3, 0.4) is 0 Å². The first-order valence-electron chi connectivity index (χ1n) is 12.0. The van der Waals surface area contributed by atoms with Crippen LogP contribution in [0.1, 0.15) is 35.6 Å². The van der Waals surface area contributed by atoms with E-state index in [4.69, 9.17) is 9.84 Å².